The lowest BCUT2D eigenvalue weighted by atomic mass is 9.45. The quantitative estimate of drug-likeness (QED) is 0.298. The molecule has 4 saturated carbocycles. The van der Waals surface area contributed by atoms with Crippen LogP contribution in [0.3, 0.4) is 0 Å². The first-order valence-corrected chi connectivity index (χ1v) is 12.0. The number of hydrogen-bond acceptors (Lipinski definition) is 3. The predicted molar refractivity (Wildman–Crippen MR) is 134 cm³/mol. The lowest BCUT2D eigenvalue weighted by Gasteiger charge is -2.60. The molecule has 4 aliphatic rings. The number of carbonyl (C=O) groups is 2. The van der Waals surface area contributed by atoms with Gasteiger partial charge in [0.2, 0.25) is 0 Å². The van der Waals surface area contributed by atoms with E-state index in [1.54, 1.807) is 0 Å². The highest BCUT2D eigenvalue weighted by Gasteiger charge is 2.61. The van der Waals surface area contributed by atoms with E-state index in [9.17, 15) is 9.59 Å². The Bertz CT molecular complexity index is 1490. The summed E-state index contributed by atoms with van der Waals surface area (Å²) in [5, 5.41) is 0. The average Bonchev–Trinajstić information content (AvgIpc) is 3.35. The second kappa shape index (κ2) is 10.8. The maximum Gasteiger partial charge on any atom is 0.306 e. The van der Waals surface area contributed by atoms with Crippen LogP contribution in [0, 0.1) is 34.5 Å². The first-order chi connectivity index (χ1) is 23.8. The van der Waals surface area contributed by atoms with Crippen LogP contribution in [-0.2, 0) is 14.3 Å². The number of ether oxygens (including phenoxy) is 1. The van der Waals surface area contributed by atoms with E-state index >= 15 is 0 Å². The molecule has 0 bridgehead atoms. The van der Waals surface area contributed by atoms with Gasteiger partial charge in [-0.15, -0.1) is 0 Å². The van der Waals surface area contributed by atoms with Crippen LogP contribution < -0.4 is 0 Å². The summed E-state index contributed by atoms with van der Waals surface area (Å²) >= 11 is 0. The Labute approximate surface area is 232 Å². The van der Waals surface area contributed by atoms with E-state index in [1.807, 2.05) is 6.92 Å². The molecule has 3 nitrogen and oxygen atoms in total. The first kappa shape index (κ1) is 9.89. The first-order valence-electron chi connectivity index (χ1n) is 22.5. The number of esters is 1. The summed E-state index contributed by atoms with van der Waals surface area (Å²) in [5.74, 6) is -0.795. The highest BCUT2D eigenvalue weighted by atomic mass is 16.5. The number of ketones is 1. The summed E-state index contributed by atoms with van der Waals surface area (Å²) in [7, 11) is 0. The van der Waals surface area contributed by atoms with E-state index in [0.717, 1.165) is 25.7 Å². The van der Waals surface area contributed by atoms with Crippen molar-refractivity contribution in [2.24, 2.45) is 34.5 Å². The van der Waals surface area contributed by atoms with E-state index < -0.39 is 81.7 Å². The van der Waals surface area contributed by atoms with Crippen molar-refractivity contribution in [1.29, 1.82) is 0 Å². The molecule has 33 heavy (non-hydrogen) atoms. The fraction of sp³-hybridized carbons (Fsp3) is 0.933. The minimum absolute atomic E-state index is 0.0327. The van der Waals surface area contributed by atoms with Crippen LogP contribution in [0.15, 0.2) is 0 Å². The molecule has 0 unspecified atom stereocenters. The molecule has 3 heteroatoms. The molecular formula is C30H50O3. The van der Waals surface area contributed by atoms with Crippen LogP contribution in [0.5, 0.6) is 0 Å². The maximum atomic E-state index is 13.6. The molecule has 0 aliphatic heterocycles. The van der Waals surface area contributed by atoms with Crippen LogP contribution in [0.25, 0.3) is 0 Å². The number of hydrogen-bond donors (Lipinski definition) is 0. The average molecular weight is 480 g/mol. The van der Waals surface area contributed by atoms with Crippen molar-refractivity contribution in [2.45, 2.75) is 142 Å². The number of fused-ring (bicyclic) bond motifs is 5. The van der Waals surface area contributed by atoms with Gasteiger partial charge in [0.15, 0.2) is 0 Å². The molecule has 0 heterocycles. The van der Waals surface area contributed by atoms with Crippen molar-refractivity contribution in [3.8, 4) is 0 Å². The lowest BCUT2D eigenvalue weighted by molar-refractivity contribution is -0.164. The molecule has 4 aliphatic carbocycles. The zero-order valence-corrected chi connectivity index (χ0v) is 19.5. The fourth-order valence-corrected chi connectivity index (χ4v) is 7.62. The van der Waals surface area contributed by atoms with E-state index in [4.69, 9.17) is 33.5 Å². The van der Waals surface area contributed by atoms with Crippen LogP contribution in [0.1, 0.15) is 165 Å². The monoisotopic (exact) mass is 480 g/mol. The summed E-state index contributed by atoms with van der Waals surface area (Å²) in [6.45, 7) is 0.183. The zero-order chi connectivity index (χ0) is 42.1. The predicted octanol–water partition coefficient (Wildman–Crippen LogP) is 8.04. The third-order valence-electron chi connectivity index (χ3n) is 9.25. The Morgan fingerprint density at radius 1 is 0.939 bits per heavy atom. The van der Waals surface area contributed by atoms with Crippen molar-refractivity contribution >= 4 is 11.8 Å². The summed E-state index contributed by atoms with van der Waals surface area (Å²) in [5.41, 5.74) is -0.714. The smallest absolute Gasteiger partial charge is 0.306 e. The lowest BCUT2D eigenvalue weighted by Crippen LogP contribution is -2.54. The zero-order valence-electron chi connectivity index (χ0n) is 40.5. The van der Waals surface area contributed by atoms with Gasteiger partial charge < -0.3 is 4.74 Å². The van der Waals surface area contributed by atoms with E-state index in [1.165, 1.54) is 0 Å². The van der Waals surface area contributed by atoms with Crippen LogP contribution in [0.4, 0.5) is 0 Å². The Morgan fingerprint density at radius 2 is 1.67 bits per heavy atom. The Hall–Kier alpha value is -0.860. The molecule has 0 saturated heterocycles. The molecule has 4 fully saturated rings. The minimum Gasteiger partial charge on any atom is -0.462 e. The molecule has 0 aromatic carbocycles. The highest BCUT2D eigenvalue weighted by Crippen LogP contribution is 2.66. The van der Waals surface area contributed by atoms with Crippen molar-refractivity contribution in [1.82, 2.24) is 0 Å². The molecule has 4 rings (SSSR count). The molecule has 188 valence electrons. The summed E-state index contributed by atoms with van der Waals surface area (Å²) in [4.78, 5) is 25.9. The van der Waals surface area contributed by atoms with Gasteiger partial charge in [-0.25, -0.2) is 0 Å². The summed E-state index contributed by atoms with van der Waals surface area (Å²) < 4.78 is 176. The van der Waals surface area contributed by atoms with Gasteiger partial charge in [0.1, 0.15) is 11.9 Å². The number of carbonyl (C=O) groups excluding carboxylic acids is 2. The minimum atomic E-state index is -4.70. The normalized spacial score (nSPS) is 53.8. The topological polar surface area (TPSA) is 43.4 Å². The molecular weight excluding hydrogens is 408 g/mol. The third kappa shape index (κ3) is 5.22. The Balaban J connectivity index is 1.61. The van der Waals surface area contributed by atoms with Crippen molar-refractivity contribution in [2.75, 3.05) is 0 Å². The SMILES string of the molecule is [2H]C([2H])([2H])C([2H])([2H])C([2H])([2H])C([2H])([2H])C([2H])([2H])C([2H])([2H])C([2H])([2H])C([2H])([2H])C([2H])([2H])C([2H])([2H])C(=O)O[C@H]1CC[C@H]2[C@@H]3CC[C@H]4CC(=O)CC[C@]4(C)[C@H]3CC[C@]12C. The molecule has 0 aromatic heterocycles. The molecule has 0 amide bonds. The van der Waals surface area contributed by atoms with Gasteiger partial charge >= 0.3 is 5.97 Å². The number of Topliss-reactive ketones (excluding diaryl/α,β-unsaturated/α-hetero) is 1. The molecule has 0 N–H and O–H groups in total. The van der Waals surface area contributed by atoms with Gasteiger partial charge in [0, 0.05) is 53.4 Å². The van der Waals surface area contributed by atoms with Gasteiger partial charge in [-0.3, -0.25) is 9.59 Å². The van der Waals surface area contributed by atoms with Gasteiger partial charge in [-0.05, 0) is 80.4 Å². The largest absolute Gasteiger partial charge is 0.462 e. The van der Waals surface area contributed by atoms with E-state index in [0.29, 0.717) is 31.6 Å². The third-order valence-corrected chi connectivity index (χ3v) is 9.25. The van der Waals surface area contributed by atoms with Crippen LogP contribution >= 0.6 is 0 Å². The van der Waals surface area contributed by atoms with Crippen molar-refractivity contribution in [3.63, 3.8) is 0 Å². The summed E-state index contributed by atoms with van der Waals surface area (Å²) in [6, 6.07) is 0. The molecule has 0 radical (unpaired) electrons. The van der Waals surface area contributed by atoms with Crippen LogP contribution in [-0.4, -0.2) is 17.9 Å². The Kier molecular flexibility index (Phi) is 3.24. The van der Waals surface area contributed by atoms with Gasteiger partial charge in [0.25, 0.3) is 0 Å². The van der Waals surface area contributed by atoms with Gasteiger partial charge in [-0.1, -0.05) is 65.3 Å². The van der Waals surface area contributed by atoms with Crippen molar-refractivity contribution < 1.29 is 43.1 Å². The summed E-state index contributed by atoms with van der Waals surface area (Å²) in [6.07, 6.45) is -35.5. The van der Waals surface area contributed by atoms with Gasteiger partial charge in [0.05, 0.1) is 0 Å². The maximum absolute atomic E-state index is 13.6. The van der Waals surface area contributed by atoms with Crippen LogP contribution in [0.2, 0.25) is 0 Å². The Morgan fingerprint density at radius 3 is 2.45 bits per heavy atom. The fourth-order valence-electron chi connectivity index (χ4n) is 7.62. The second-order valence-electron chi connectivity index (χ2n) is 10.5. The van der Waals surface area contributed by atoms with E-state index in [-0.39, 0.29) is 35.4 Å². The highest BCUT2D eigenvalue weighted by molar-refractivity contribution is 5.79. The van der Waals surface area contributed by atoms with Crippen molar-refractivity contribution in [3.05, 3.63) is 0 Å². The molecule has 0 aromatic rings. The van der Waals surface area contributed by atoms with Gasteiger partial charge in [-0.2, -0.15) is 0 Å². The standard InChI is InChI=1S/C30H50O3/c1-4-5-6-7-8-9-10-11-12-28(32)33-27-16-15-25-24-14-13-22-21-23(31)17-19-29(22,2)26(24)18-20-30(25,27)3/h22,24-27H,4-21H2,1-3H3/t22-,24-,25-,26-,27-,29-,30-/m0/s1/i1D3,4D2,5D2,6D2,7D2,8D2,9D2,10D2,11D2,12D2. The number of rotatable bonds is 10. The van der Waals surface area contributed by atoms with E-state index in [2.05, 4.69) is 6.92 Å². The molecule has 0 spiro atoms. The molecule has 7 atom stereocenters. The second-order valence-corrected chi connectivity index (χ2v) is 10.5.